The van der Waals surface area contributed by atoms with Crippen molar-refractivity contribution in [2.75, 3.05) is 50.1 Å². The highest BCUT2D eigenvalue weighted by atomic mass is 19.1. The molecule has 2 bridgehead atoms. The zero-order valence-corrected chi connectivity index (χ0v) is 23.6. The van der Waals surface area contributed by atoms with Crippen LogP contribution in [-0.2, 0) is 0 Å². The van der Waals surface area contributed by atoms with Gasteiger partial charge in [-0.3, -0.25) is 4.90 Å². The van der Waals surface area contributed by atoms with E-state index in [4.69, 9.17) is 15.1 Å². The van der Waals surface area contributed by atoms with Gasteiger partial charge in [0.2, 0.25) is 0 Å². The number of benzene rings is 2. The number of fused-ring (bicyclic) bond motifs is 4. The zero-order chi connectivity index (χ0) is 28.3. The van der Waals surface area contributed by atoms with E-state index >= 15 is 4.39 Å². The summed E-state index contributed by atoms with van der Waals surface area (Å²) in [6.45, 7) is 5.12. The molecule has 4 saturated heterocycles. The Morgan fingerprint density at radius 2 is 2.00 bits per heavy atom. The highest BCUT2D eigenvalue weighted by Gasteiger charge is 2.49. The number of aryl methyl sites for hydroxylation is 1. The van der Waals surface area contributed by atoms with Crippen molar-refractivity contribution in [1.29, 1.82) is 5.41 Å². The fourth-order valence-electron chi connectivity index (χ4n) is 7.70. The van der Waals surface area contributed by atoms with Crippen molar-refractivity contribution in [3.63, 3.8) is 0 Å². The van der Waals surface area contributed by atoms with Gasteiger partial charge in [0.1, 0.15) is 24.1 Å². The van der Waals surface area contributed by atoms with Crippen LogP contribution in [0.15, 0.2) is 24.3 Å². The number of hydrogen-bond acceptors (Lipinski definition) is 8. The third-order valence-corrected chi connectivity index (χ3v) is 9.63. The summed E-state index contributed by atoms with van der Waals surface area (Å²) in [5, 5.41) is 15.3. The van der Waals surface area contributed by atoms with Gasteiger partial charge in [-0.1, -0.05) is 18.2 Å². The molecule has 41 heavy (non-hydrogen) atoms. The van der Waals surface area contributed by atoms with E-state index in [9.17, 15) is 4.39 Å². The van der Waals surface area contributed by atoms with Gasteiger partial charge in [0.25, 0.3) is 0 Å². The Hall–Kier alpha value is -3.37. The lowest BCUT2D eigenvalue weighted by atomic mass is 9.94. The summed E-state index contributed by atoms with van der Waals surface area (Å²) in [4.78, 5) is 14.0. The van der Waals surface area contributed by atoms with Crippen LogP contribution >= 0.6 is 0 Å². The Kier molecular flexibility index (Phi) is 6.58. The number of halogens is 2. The molecule has 2 unspecified atom stereocenters. The van der Waals surface area contributed by atoms with Crippen LogP contribution in [0.25, 0.3) is 22.0 Å². The van der Waals surface area contributed by atoms with E-state index in [2.05, 4.69) is 25.4 Å². The van der Waals surface area contributed by atoms with Crippen molar-refractivity contribution in [2.24, 2.45) is 0 Å². The Morgan fingerprint density at radius 3 is 2.76 bits per heavy atom. The number of nitrogens with zero attached hydrogens (tertiary/aromatic N) is 4. The average Bonchev–Trinajstić information content (AvgIpc) is 3.62. The first-order valence-corrected chi connectivity index (χ1v) is 14.7. The van der Waals surface area contributed by atoms with Crippen molar-refractivity contribution < 1.29 is 14.9 Å². The summed E-state index contributed by atoms with van der Waals surface area (Å²) in [6, 6.07) is 8.37. The van der Waals surface area contributed by atoms with E-state index in [-0.39, 0.29) is 25.1 Å². The van der Waals surface area contributed by atoms with E-state index in [1.165, 1.54) is 6.21 Å². The Morgan fingerprint density at radius 1 is 1.20 bits per heavy atom. The second kappa shape index (κ2) is 10.2. The number of hydrogen-bond donors (Lipinski definition) is 3. The topological polar surface area (TPSA) is 89.4 Å². The van der Waals surface area contributed by atoms with Gasteiger partial charge in [0.15, 0.2) is 5.82 Å². The van der Waals surface area contributed by atoms with Gasteiger partial charge in [0.05, 0.1) is 11.2 Å². The van der Waals surface area contributed by atoms with Crippen molar-refractivity contribution in [2.45, 2.75) is 62.8 Å². The second-order valence-corrected chi connectivity index (χ2v) is 12.2. The summed E-state index contributed by atoms with van der Waals surface area (Å²) in [5.74, 6) is 0.240. The molecule has 0 aliphatic carbocycles. The highest BCUT2D eigenvalue weighted by molar-refractivity contribution is 5.99. The lowest BCUT2D eigenvalue weighted by molar-refractivity contribution is 0.107. The number of alkyl halides is 1. The van der Waals surface area contributed by atoms with Crippen molar-refractivity contribution in [1.82, 2.24) is 20.2 Å². The van der Waals surface area contributed by atoms with Crippen LogP contribution in [0.1, 0.15) is 44.7 Å². The smallest absolute Gasteiger partial charge is 0.319 e. The summed E-state index contributed by atoms with van der Waals surface area (Å²) >= 11 is 0. The largest absolute Gasteiger partial charge is 0.461 e. The van der Waals surface area contributed by atoms with Crippen LogP contribution in [-0.4, -0.2) is 84.7 Å². The molecular formula is C31H39F2N7O. The summed E-state index contributed by atoms with van der Waals surface area (Å²) in [5.41, 5.74) is 3.26. The van der Waals surface area contributed by atoms with E-state index in [0.717, 1.165) is 50.9 Å². The molecular weight excluding hydrogens is 524 g/mol. The lowest BCUT2D eigenvalue weighted by Gasteiger charge is -2.34. The molecule has 8 nitrogen and oxygen atoms in total. The molecule has 3 aromatic rings. The fourth-order valence-corrected chi connectivity index (χ4v) is 7.70. The van der Waals surface area contributed by atoms with E-state index in [1.54, 1.807) is 13.1 Å². The molecule has 2 aromatic carbocycles. The van der Waals surface area contributed by atoms with E-state index in [1.807, 2.05) is 25.1 Å². The predicted molar refractivity (Wildman–Crippen MR) is 160 cm³/mol. The molecule has 1 aromatic heterocycles. The van der Waals surface area contributed by atoms with Crippen molar-refractivity contribution in [3.8, 4) is 17.1 Å². The van der Waals surface area contributed by atoms with Crippen LogP contribution in [0.4, 0.5) is 20.3 Å². The predicted octanol–water partition coefficient (Wildman–Crippen LogP) is 4.93. The molecule has 0 saturated carbocycles. The Labute approximate surface area is 240 Å². The fraction of sp³-hybridized carbons (Fsp3) is 0.516. The maximum absolute atomic E-state index is 16.7. The van der Waals surface area contributed by atoms with Gasteiger partial charge >= 0.3 is 6.01 Å². The molecule has 4 fully saturated rings. The first kappa shape index (κ1) is 26.5. The number of rotatable bonds is 7. The van der Waals surface area contributed by atoms with Crippen molar-refractivity contribution >= 4 is 28.6 Å². The van der Waals surface area contributed by atoms with Crippen LogP contribution < -0.4 is 20.3 Å². The van der Waals surface area contributed by atoms with E-state index in [0.29, 0.717) is 58.6 Å². The minimum absolute atomic E-state index is 0. The minimum atomic E-state index is -0.857. The van der Waals surface area contributed by atoms with Crippen LogP contribution in [0.3, 0.4) is 0 Å². The average molecular weight is 564 g/mol. The molecule has 3 N–H and O–H groups in total. The molecule has 10 heteroatoms. The van der Waals surface area contributed by atoms with Crippen LogP contribution in [0.2, 0.25) is 0 Å². The molecule has 5 heterocycles. The summed E-state index contributed by atoms with van der Waals surface area (Å²) in [6.07, 6.45) is 4.99. The number of ether oxygens (including phenoxy) is 1. The second-order valence-electron chi connectivity index (χ2n) is 12.2. The maximum Gasteiger partial charge on any atom is 0.319 e. The number of piperazine rings is 1. The number of nitrogens with one attached hydrogen (secondary N) is 3. The quantitative estimate of drug-likeness (QED) is 0.352. The van der Waals surface area contributed by atoms with Crippen LogP contribution in [0.5, 0.6) is 6.01 Å². The number of anilines is 2. The first-order valence-electron chi connectivity index (χ1n) is 14.7. The molecule has 218 valence electrons. The summed E-state index contributed by atoms with van der Waals surface area (Å²) in [7, 11) is 1.78. The van der Waals surface area contributed by atoms with Gasteiger partial charge in [-0.05, 0) is 50.8 Å². The third-order valence-electron chi connectivity index (χ3n) is 9.63. The lowest BCUT2D eigenvalue weighted by Crippen LogP contribution is -2.51. The molecule has 0 radical (unpaired) electrons. The Balaban J connectivity index is 0.00000316. The SMILES string of the molecule is CNc1c(C=N)ccc(C)c1-c1ccc2c(N3CC4CCC(C3)N4)nc(OC[C@@]34CCCN3C[C@H](F)C4)nc2c1F.[HH]. The molecule has 0 amide bonds. The maximum atomic E-state index is 16.7. The molecule has 0 spiro atoms. The van der Waals surface area contributed by atoms with Crippen LogP contribution in [0, 0.1) is 18.2 Å². The highest BCUT2D eigenvalue weighted by Crippen LogP contribution is 2.42. The standard InChI is InChI=1S/C31H37F2N7O.H2/c1-18-4-5-19(13-34)27(35-2)25(18)23-8-9-24-28(26(23)33)37-30(38-29(24)39-15-21-6-7-22(16-39)36-21)41-17-31-10-3-11-40(31)14-20(32)12-31;/h4-5,8-9,13,20-22,34-36H,3,6-7,10-12,14-17H2,1-2H3;1H/t20-,21?,22?,31+;/m1./s1. The molecule has 4 atom stereocenters. The first-order chi connectivity index (χ1) is 19.9. The monoisotopic (exact) mass is 563 g/mol. The van der Waals surface area contributed by atoms with Gasteiger partial charge in [-0.25, -0.2) is 8.78 Å². The van der Waals surface area contributed by atoms with Gasteiger partial charge in [-0.2, -0.15) is 9.97 Å². The van der Waals surface area contributed by atoms with Gasteiger partial charge in [-0.15, -0.1) is 0 Å². The normalized spacial score (nSPS) is 27.4. The van der Waals surface area contributed by atoms with Gasteiger partial charge < -0.3 is 25.7 Å². The van der Waals surface area contributed by atoms with E-state index < -0.39 is 12.0 Å². The zero-order valence-electron chi connectivity index (χ0n) is 23.6. The number of aromatic nitrogens is 2. The third kappa shape index (κ3) is 4.43. The van der Waals surface area contributed by atoms with Crippen molar-refractivity contribution in [3.05, 3.63) is 41.2 Å². The molecule has 4 aliphatic rings. The minimum Gasteiger partial charge on any atom is -0.461 e. The Bertz CT molecular complexity index is 1510. The molecule has 7 rings (SSSR count). The molecule has 4 aliphatic heterocycles. The van der Waals surface area contributed by atoms with Gasteiger partial charge in [0, 0.05) is 74.9 Å². The summed E-state index contributed by atoms with van der Waals surface area (Å²) < 4.78 is 37.3.